The molecule has 0 spiro atoms. The van der Waals surface area contributed by atoms with Crippen molar-refractivity contribution in [3.63, 3.8) is 0 Å². The molecule has 0 N–H and O–H groups in total. The molecular weight excluding hydrogens is 981 g/mol. The van der Waals surface area contributed by atoms with E-state index in [4.69, 9.17) is 8.83 Å². The molecule has 2 aliphatic rings. The number of hydrogen-bond acceptors (Lipinski definition) is 5. The third kappa shape index (κ3) is 6.19. The summed E-state index contributed by atoms with van der Waals surface area (Å²) < 4.78 is 16.2. The van der Waals surface area contributed by atoms with Gasteiger partial charge in [0, 0.05) is 80.7 Å². The van der Waals surface area contributed by atoms with Crippen molar-refractivity contribution < 1.29 is 8.83 Å². The molecule has 15 aromatic rings. The van der Waals surface area contributed by atoms with Crippen molar-refractivity contribution in [1.82, 2.24) is 0 Å². The lowest BCUT2D eigenvalue weighted by molar-refractivity contribution is 0.660. The van der Waals surface area contributed by atoms with Crippen LogP contribution in [0.4, 0.5) is 34.1 Å². The molecule has 0 atom stereocenters. The van der Waals surface area contributed by atoms with Gasteiger partial charge in [0.15, 0.2) is 11.2 Å². The monoisotopic (exact) mass is 1030 g/mol. The van der Waals surface area contributed by atoms with Crippen LogP contribution < -0.4 is 9.80 Å². The smallest absolute Gasteiger partial charge is 0.159 e. The van der Waals surface area contributed by atoms with Gasteiger partial charge in [-0.3, -0.25) is 0 Å². The third-order valence-corrected chi connectivity index (χ3v) is 19.0. The fourth-order valence-corrected chi connectivity index (χ4v) is 15.3. The number of fused-ring (bicyclic) bond motifs is 20. The van der Waals surface area contributed by atoms with Gasteiger partial charge < -0.3 is 18.6 Å². The Morgan fingerprint density at radius 2 is 0.747 bits per heavy atom. The minimum Gasteiger partial charge on any atom is -0.454 e. The lowest BCUT2D eigenvalue weighted by atomic mass is 9.82. The molecule has 4 nitrogen and oxygen atoms in total. The molecule has 0 amide bonds. The Morgan fingerprint density at radius 1 is 0.316 bits per heavy atom. The second-order valence-electron chi connectivity index (χ2n) is 22.7. The summed E-state index contributed by atoms with van der Waals surface area (Å²) in [6, 6.07) is 85.0. The first kappa shape index (κ1) is 44.7. The van der Waals surface area contributed by atoms with Crippen LogP contribution in [0.5, 0.6) is 0 Å². The number of rotatable bonds is 6. The number of furan rings is 2. The largest absolute Gasteiger partial charge is 0.454 e. The molecule has 374 valence electrons. The van der Waals surface area contributed by atoms with Gasteiger partial charge in [0.2, 0.25) is 0 Å². The Hall–Kier alpha value is -9.42. The van der Waals surface area contributed by atoms with E-state index in [0.29, 0.717) is 0 Å². The molecule has 0 saturated carbocycles. The van der Waals surface area contributed by atoms with Crippen molar-refractivity contribution in [2.45, 2.75) is 38.5 Å². The van der Waals surface area contributed by atoms with E-state index in [2.05, 4.69) is 268 Å². The minimum absolute atomic E-state index is 0.168. The zero-order valence-electron chi connectivity index (χ0n) is 44.1. The van der Waals surface area contributed by atoms with Gasteiger partial charge in [0.05, 0.1) is 11.4 Å². The summed E-state index contributed by atoms with van der Waals surface area (Å²) in [7, 11) is 0. The molecule has 0 radical (unpaired) electrons. The van der Waals surface area contributed by atoms with E-state index in [1.807, 2.05) is 11.3 Å². The van der Waals surface area contributed by atoms with Gasteiger partial charge in [0.1, 0.15) is 11.2 Å². The zero-order valence-corrected chi connectivity index (χ0v) is 44.9. The van der Waals surface area contributed by atoms with Crippen LogP contribution in [0.3, 0.4) is 0 Å². The molecule has 2 aliphatic carbocycles. The Morgan fingerprint density at radius 3 is 1.32 bits per heavy atom. The van der Waals surface area contributed by atoms with Crippen molar-refractivity contribution in [2.24, 2.45) is 0 Å². The first-order valence-electron chi connectivity index (χ1n) is 27.4. The maximum Gasteiger partial charge on any atom is 0.159 e. The number of para-hydroxylation sites is 4. The highest BCUT2D eigenvalue weighted by Crippen LogP contribution is 2.55. The summed E-state index contributed by atoms with van der Waals surface area (Å²) >= 11 is 1.89. The molecule has 17 rings (SSSR count). The van der Waals surface area contributed by atoms with E-state index in [-0.39, 0.29) is 10.8 Å². The standard InChI is InChI=1S/C74H50N2O2S/c1-73(2)60-25-11-7-18-48(60)50-35-31-44(40-62(50)73)75(64-27-15-23-55-52-20-9-13-29-66(52)77-70(55)64)43-33-37-57-59(39-43)47-17-5-6-22-54(47)69-58-38-34-46(42-68(58)79-72(57)69)76(65-28-16-24-56-53-21-10-14-30-67(53)78-71(56)65)45-32-36-51-49-19-8-12-26-61(49)74(3,4)63(51)41-45/h5-42H,1-4H3. The average molecular weight is 1030 g/mol. The van der Waals surface area contributed by atoms with Crippen LogP contribution in [-0.4, -0.2) is 0 Å². The Kier molecular flexibility index (Phi) is 9.09. The molecule has 3 aromatic heterocycles. The average Bonchev–Trinajstić information content (AvgIpc) is 4.50. The number of thiophene rings is 1. The second-order valence-corrected chi connectivity index (χ2v) is 23.8. The van der Waals surface area contributed by atoms with Crippen LogP contribution in [0.15, 0.2) is 239 Å². The number of anilines is 6. The summed E-state index contributed by atoms with van der Waals surface area (Å²) in [4.78, 5) is 4.85. The van der Waals surface area contributed by atoms with Gasteiger partial charge in [-0.05, 0) is 133 Å². The fraction of sp³-hybridized carbons (Fsp3) is 0.0811. The molecule has 0 saturated heterocycles. The normalized spacial score (nSPS) is 14.0. The fourth-order valence-electron chi connectivity index (χ4n) is 14.0. The Balaban J connectivity index is 0.873. The first-order valence-corrected chi connectivity index (χ1v) is 28.2. The van der Waals surface area contributed by atoms with Crippen LogP contribution in [0.1, 0.15) is 49.9 Å². The van der Waals surface area contributed by atoms with Crippen molar-refractivity contribution in [1.29, 1.82) is 0 Å². The number of benzene rings is 12. The lowest BCUT2D eigenvalue weighted by Gasteiger charge is -2.28. The molecular formula is C74H50N2O2S. The van der Waals surface area contributed by atoms with Crippen LogP contribution in [0.25, 0.3) is 108 Å². The van der Waals surface area contributed by atoms with E-state index in [1.54, 1.807) is 0 Å². The van der Waals surface area contributed by atoms with Crippen LogP contribution in [-0.2, 0) is 10.8 Å². The number of hydrogen-bond donors (Lipinski definition) is 0. The molecule has 79 heavy (non-hydrogen) atoms. The second kappa shape index (κ2) is 16.1. The van der Waals surface area contributed by atoms with Crippen molar-refractivity contribution in [3.05, 3.63) is 253 Å². The third-order valence-electron chi connectivity index (χ3n) is 17.8. The highest BCUT2D eigenvalue weighted by atomic mass is 32.1. The van der Waals surface area contributed by atoms with Crippen molar-refractivity contribution in [2.75, 3.05) is 9.80 Å². The predicted octanol–water partition coefficient (Wildman–Crippen LogP) is 21.7. The Labute approximate surface area is 460 Å². The molecule has 5 heteroatoms. The van der Waals surface area contributed by atoms with Gasteiger partial charge in [-0.1, -0.05) is 185 Å². The topological polar surface area (TPSA) is 32.8 Å². The maximum atomic E-state index is 6.85. The van der Waals surface area contributed by atoms with E-state index in [1.165, 1.54) is 86.2 Å². The van der Waals surface area contributed by atoms with E-state index in [9.17, 15) is 0 Å². The molecule has 0 unspecified atom stereocenters. The number of nitrogens with zero attached hydrogens (tertiary/aromatic N) is 2. The zero-order chi connectivity index (χ0) is 52.5. The maximum absolute atomic E-state index is 6.85. The van der Waals surface area contributed by atoms with E-state index >= 15 is 0 Å². The van der Waals surface area contributed by atoms with Crippen LogP contribution in [0.2, 0.25) is 0 Å². The van der Waals surface area contributed by atoms with Gasteiger partial charge in [0.25, 0.3) is 0 Å². The highest BCUT2D eigenvalue weighted by molar-refractivity contribution is 7.27. The summed E-state index contributed by atoms with van der Waals surface area (Å²) in [5.41, 5.74) is 20.1. The summed E-state index contributed by atoms with van der Waals surface area (Å²) in [5.74, 6) is 0. The van der Waals surface area contributed by atoms with Crippen molar-refractivity contribution in [3.8, 4) is 22.3 Å². The molecule has 3 heterocycles. The molecule has 0 bridgehead atoms. The van der Waals surface area contributed by atoms with Gasteiger partial charge >= 0.3 is 0 Å². The molecule has 12 aromatic carbocycles. The first-order chi connectivity index (χ1) is 38.7. The van der Waals surface area contributed by atoms with Gasteiger partial charge in [-0.25, -0.2) is 0 Å². The van der Waals surface area contributed by atoms with Gasteiger partial charge in [-0.15, -0.1) is 11.3 Å². The van der Waals surface area contributed by atoms with Gasteiger partial charge in [-0.2, -0.15) is 0 Å². The SMILES string of the molecule is CC1(C)c2ccccc2-c2ccc(N(c3ccc4c(c3)sc3c5ccc(N(c6ccc7c(c6)C(C)(C)c6ccccc6-7)c6cccc7c6oc6ccccc67)cc5c5ccccc5c43)c3cccc4c3oc3ccccc34)cc21. The lowest BCUT2D eigenvalue weighted by Crippen LogP contribution is -2.16. The molecule has 0 aliphatic heterocycles. The Bertz CT molecular complexity index is 5130. The van der Waals surface area contributed by atoms with Crippen molar-refractivity contribution >= 4 is 131 Å². The quantitative estimate of drug-likeness (QED) is 0.155. The summed E-state index contributed by atoms with van der Waals surface area (Å²) in [6.07, 6.45) is 0. The molecule has 0 fully saturated rings. The van der Waals surface area contributed by atoms with E-state index < -0.39 is 0 Å². The van der Waals surface area contributed by atoms with Crippen LogP contribution in [0, 0.1) is 0 Å². The predicted molar refractivity (Wildman–Crippen MR) is 333 cm³/mol. The highest BCUT2D eigenvalue weighted by Gasteiger charge is 2.38. The minimum atomic E-state index is -0.173. The van der Waals surface area contributed by atoms with Crippen LogP contribution >= 0.6 is 11.3 Å². The summed E-state index contributed by atoms with van der Waals surface area (Å²) in [6.45, 7) is 9.44. The summed E-state index contributed by atoms with van der Waals surface area (Å²) in [5, 5.41) is 11.9. The van der Waals surface area contributed by atoms with E-state index in [0.717, 1.165) is 78.0 Å².